The van der Waals surface area contributed by atoms with E-state index in [2.05, 4.69) is 10.3 Å². The summed E-state index contributed by atoms with van der Waals surface area (Å²) < 4.78 is 5.28. The maximum Gasteiger partial charge on any atom is 0.126 e. The van der Waals surface area contributed by atoms with E-state index in [9.17, 15) is 0 Å². The molecular weight excluding hydrogens is 226 g/mol. The lowest BCUT2D eigenvalue weighted by molar-refractivity contribution is 0.147. The van der Waals surface area contributed by atoms with Gasteiger partial charge in [0.25, 0.3) is 0 Å². The van der Waals surface area contributed by atoms with Crippen molar-refractivity contribution in [2.75, 3.05) is 30.8 Å². The quantitative estimate of drug-likeness (QED) is 0.606. The molecule has 0 aliphatic rings. The van der Waals surface area contributed by atoms with E-state index < -0.39 is 0 Å². The van der Waals surface area contributed by atoms with Gasteiger partial charge in [-0.1, -0.05) is 0 Å². The Morgan fingerprint density at radius 3 is 3.00 bits per heavy atom. The van der Waals surface area contributed by atoms with Gasteiger partial charge in [0.15, 0.2) is 0 Å². The molecule has 4 nitrogen and oxygen atoms in total. The van der Waals surface area contributed by atoms with Crippen LogP contribution in [0.5, 0.6) is 0 Å². The summed E-state index contributed by atoms with van der Waals surface area (Å²) >= 11 is 0. The fourth-order valence-corrected chi connectivity index (χ4v) is 1.78. The minimum atomic E-state index is 0.765. The molecule has 0 aliphatic heterocycles. The first-order chi connectivity index (χ1) is 8.79. The second-order valence-electron chi connectivity index (χ2n) is 4.13. The monoisotopic (exact) mass is 245 g/mol. The Bertz CT molecular complexity index is 513. The summed E-state index contributed by atoms with van der Waals surface area (Å²) in [5, 5.41) is 4.35. The van der Waals surface area contributed by atoms with Crippen molar-refractivity contribution in [1.29, 1.82) is 0 Å². The van der Waals surface area contributed by atoms with Crippen molar-refractivity contribution in [3.05, 3.63) is 30.3 Å². The molecule has 0 amide bonds. The number of fused-ring (bicyclic) bond motifs is 1. The number of pyridine rings is 1. The molecule has 0 radical (unpaired) electrons. The van der Waals surface area contributed by atoms with Gasteiger partial charge in [-0.15, -0.1) is 0 Å². The number of nitrogens with one attached hydrogen (secondary N) is 1. The first-order valence-corrected chi connectivity index (χ1v) is 6.27. The number of nitrogens with zero attached hydrogens (tertiary/aromatic N) is 1. The molecule has 0 saturated carbocycles. The van der Waals surface area contributed by atoms with E-state index in [4.69, 9.17) is 10.5 Å². The van der Waals surface area contributed by atoms with E-state index in [0.29, 0.717) is 0 Å². The molecule has 2 aromatic rings. The van der Waals surface area contributed by atoms with E-state index >= 15 is 0 Å². The molecule has 0 fully saturated rings. The highest BCUT2D eigenvalue weighted by Gasteiger charge is 1.98. The zero-order valence-corrected chi connectivity index (χ0v) is 10.6. The zero-order valence-electron chi connectivity index (χ0n) is 10.6. The van der Waals surface area contributed by atoms with Crippen LogP contribution in [0.3, 0.4) is 0 Å². The molecule has 0 saturated heterocycles. The number of hydrogen-bond donors (Lipinski definition) is 2. The van der Waals surface area contributed by atoms with Gasteiger partial charge in [0, 0.05) is 30.8 Å². The fraction of sp³-hybridized carbons (Fsp3) is 0.357. The van der Waals surface area contributed by atoms with Gasteiger partial charge in [-0.05, 0) is 43.7 Å². The third-order valence-corrected chi connectivity index (χ3v) is 2.69. The molecule has 1 aromatic heterocycles. The maximum absolute atomic E-state index is 5.73. The Morgan fingerprint density at radius 2 is 2.17 bits per heavy atom. The topological polar surface area (TPSA) is 60.2 Å². The van der Waals surface area contributed by atoms with Crippen LogP contribution >= 0.6 is 0 Å². The Labute approximate surface area is 107 Å². The van der Waals surface area contributed by atoms with Crippen molar-refractivity contribution in [2.24, 2.45) is 0 Å². The predicted molar refractivity (Wildman–Crippen MR) is 75.8 cm³/mol. The highest BCUT2D eigenvalue weighted by atomic mass is 16.5. The lowest BCUT2D eigenvalue weighted by atomic mass is 10.2. The molecule has 1 heterocycles. The van der Waals surface area contributed by atoms with Crippen LogP contribution in [-0.2, 0) is 4.74 Å². The van der Waals surface area contributed by atoms with E-state index in [1.165, 1.54) is 0 Å². The number of nitrogen functional groups attached to an aromatic ring is 1. The minimum absolute atomic E-state index is 0.765. The van der Waals surface area contributed by atoms with Gasteiger partial charge in [0.2, 0.25) is 0 Å². The van der Waals surface area contributed by atoms with Gasteiger partial charge in [-0.25, -0.2) is 4.98 Å². The van der Waals surface area contributed by atoms with Crippen molar-refractivity contribution in [1.82, 2.24) is 4.98 Å². The average Bonchev–Trinajstić information content (AvgIpc) is 2.38. The van der Waals surface area contributed by atoms with Crippen molar-refractivity contribution in [3.8, 4) is 0 Å². The highest BCUT2D eigenvalue weighted by molar-refractivity contribution is 5.83. The molecule has 0 bridgehead atoms. The predicted octanol–water partition coefficient (Wildman–Crippen LogP) is 2.66. The second-order valence-corrected chi connectivity index (χ2v) is 4.13. The Kier molecular flexibility index (Phi) is 4.36. The van der Waals surface area contributed by atoms with Gasteiger partial charge in [0.1, 0.15) is 5.82 Å². The SMILES string of the molecule is CCOCCCNc1ccc2cc(N)ccc2n1. The van der Waals surface area contributed by atoms with Crippen LogP contribution in [-0.4, -0.2) is 24.7 Å². The highest BCUT2D eigenvalue weighted by Crippen LogP contribution is 2.17. The molecule has 0 aliphatic carbocycles. The molecular formula is C14H19N3O. The number of aromatic nitrogens is 1. The molecule has 96 valence electrons. The average molecular weight is 245 g/mol. The summed E-state index contributed by atoms with van der Waals surface area (Å²) in [5.41, 5.74) is 7.45. The summed E-state index contributed by atoms with van der Waals surface area (Å²) in [6, 6.07) is 9.75. The van der Waals surface area contributed by atoms with Gasteiger partial charge < -0.3 is 15.8 Å². The van der Waals surface area contributed by atoms with Crippen LogP contribution in [0.1, 0.15) is 13.3 Å². The van der Waals surface area contributed by atoms with Crippen LogP contribution in [0, 0.1) is 0 Å². The number of benzene rings is 1. The van der Waals surface area contributed by atoms with Gasteiger partial charge in [-0.2, -0.15) is 0 Å². The molecule has 3 N–H and O–H groups in total. The smallest absolute Gasteiger partial charge is 0.126 e. The van der Waals surface area contributed by atoms with Gasteiger partial charge >= 0.3 is 0 Å². The summed E-state index contributed by atoms with van der Waals surface area (Å²) in [4.78, 5) is 4.53. The maximum atomic E-state index is 5.73. The Morgan fingerprint density at radius 1 is 1.28 bits per heavy atom. The lowest BCUT2D eigenvalue weighted by Crippen LogP contribution is -2.06. The first-order valence-electron chi connectivity index (χ1n) is 6.27. The molecule has 0 spiro atoms. The number of nitrogens with two attached hydrogens (primary N) is 1. The number of ether oxygens (including phenoxy) is 1. The second kappa shape index (κ2) is 6.21. The van der Waals surface area contributed by atoms with E-state index in [1.54, 1.807) is 0 Å². The van der Waals surface area contributed by atoms with Crippen LogP contribution in [0.4, 0.5) is 11.5 Å². The van der Waals surface area contributed by atoms with Crippen LogP contribution < -0.4 is 11.1 Å². The standard InChI is InChI=1S/C14H19N3O/c1-2-18-9-3-8-16-14-7-4-11-10-12(15)5-6-13(11)17-14/h4-7,10H,2-3,8-9,15H2,1H3,(H,16,17). The first kappa shape index (κ1) is 12.6. The molecule has 2 rings (SSSR count). The summed E-state index contributed by atoms with van der Waals surface area (Å²) in [6.45, 7) is 4.43. The van der Waals surface area contributed by atoms with Crippen molar-refractivity contribution < 1.29 is 4.74 Å². The van der Waals surface area contributed by atoms with Crippen molar-refractivity contribution in [3.63, 3.8) is 0 Å². The van der Waals surface area contributed by atoms with Gasteiger partial charge in [-0.3, -0.25) is 0 Å². The lowest BCUT2D eigenvalue weighted by Gasteiger charge is -2.07. The number of rotatable bonds is 6. The van der Waals surface area contributed by atoms with Crippen molar-refractivity contribution >= 4 is 22.4 Å². The normalized spacial score (nSPS) is 10.7. The van der Waals surface area contributed by atoms with E-state index in [0.717, 1.165) is 48.6 Å². The molecule has 0 atom stereocenters. The number of anilines is 2. The van der Waals surface area contributed by atoms with E-state index in [1.807, 2.05) is 37.3 Å². The molecule has 1 aromatic carbocycles. The third kappa shape index (κ3) is 3.34. The summed E-state index contributed by atoms with van der Waals surface area (Å²) in [6.07, 6.45) is 0.981. The van der Waals surface area contributed by atoms with Gasteiger partial charge in [0.05, 0.1) is 5.52 Å². The Balaban J connectivity index is 1.95. The van der Waals surface area contributed by atoms with E-state index in [-0.39, 0.29) is 0 Å². The van der Waals surface area contributed by atoms with Crippen LogP contribution in [0.15, 0.2) is 30.3 Å². The summed E-state index contributed by atoms with van der Waals surface area (Å²) in [7, 11) is 0. The molecule has 18 heavy (non-hydrogen) atoms. The van der Waals surface area contributed by atoms with Crippen LogP contribution in [0.25, 0.3) is 10.9 Å². The molecule has 0 unspecified atom stereocenters. The third-order valence-electron chi connectivity index (χ3n) is 2.69. The zero-order chi connectivity index (χ0) is 12.8. The van der Waals surface area contributed by atoms with Crippen molar-refractivity contribution in [2.45, 2.75) is 13.3 Å². The Hall–Kier alpha value is -1.81. The summed E-state index contributed by atoms with van der Waals surface area (Å²) in [5.74, 6) is 0.892. The largest absolute Gasteiger partial charge is 0.399 e. The van der Waals surface area contributed by atoms with Crippen LogP contribution in [0.2, 0.25) is 0 Å². The fourth-order valence-electron chi connectivity index (χ4n) is 1.78. The molecule has 4 heteroatoms. The number of hydrogen-bond acceptors (Lipinski definition) is 4. The minimum Gasteiger partial charge on any atom is -0.399 e.